The lowest BCUT2D eigenvalue weighted by atomic mass is 10.1. The van der Waals surface area contributed by atoms with Crippen LogP contribution in [-0.4, -0.2) is 48.5 Å². The van der Waals surface area contributed by atoms with Crippen LogP contribution in [0.2, 0.25) is 5.15 Å². The predicted octanol–water partition coefficient (Wildman–Crippen LogP) is 2.12. The molecule has 0 atom stereocenters. The van der Waals surface area contributed by atoms with E-state index < -0.39 is 11.9 Å². The van der Waals surface area contributed by atoms with Crippen LogP contribution in [0.1, 0.15) is 27.2 Å². The Labute approximate surface area is 157 Å². The molecule has 1 N–H and O–H groups in total. The van der Waals surface area contributed by atoms with Crippen molar-refractivity contribution in [3.63, 3.8) is 0 Å². The molecule has 1 aromatic heterocycles. The fourth-order valence-corrected chi connectivity index (χ4v) is 2.61. The molecule has 1 aromatic carbocycles. The van der Waals surface area contributed by atoms with Crippen molar-refractivity contribution in [2.24, 2.45) is 0 Å². The lowest BCUT2D eigenvalue weighted by molar-refractivity contribution is -0.124. The maximum atomic E-state index is 12.3. The Bertz CT molecular complexity index is 771. The summed E-state index contributed by atoms with van der Waals surface area (Å²) in [4.78, 5) is 23.9. The van der Waals surface area contributed by atoms with Gasteiger partial charge >= 0.3 is 5.97 Å². The van der Waals surface area contributed by atoms with E-state index in [-0.39, 0.29) is 17.3 Å². The summed E-state index contributed by atoms with van der Waals surface area (Å²) in [6.45, 7) is 4.46. The van der Waals surface area contributed by atoms with Crippen LogP contribution in [0.25, 0.3) is 0 Å². The molecular formula is C18H22ClN3O4. The van der Waals surface area contributed by atoms with Gasteiger partial charge in [0.2, 0.25) is 0 Å². The zero-order chi connectivity index (χ0) is 19.1. The number of nitrogens with zero attached hydrogens (tertiary/aromatic N) is 2. The molecule has 2 aromatic rings. The van der Waals surface area contributed by atoms with E-state index in [1.165, 1.54) is 11.8 Å². The highest BCUT2D eigenvalue weighted by Gasteiger charge is 2.22. The Hall–Kier alpha value is -2.38. The molecule has 8 heteroatoms. The summed E-state index contributed by atoms with van der Waals surface area (Å²) < 4.78 is 11.4. The number of carbonyl (C=O) groups excluding carboxylic acids is 2. The highest BCUT2D eigenvalue weighted by atomic mass is 35.5. The normalized spacial score (nSPS) is 10.6. The fraction of sp³-hybridized carbons (Fsp3) is 0.389. The van der Waals surface area contributed by atoms with Crippen molar-refractivity contribution in [1.29, 1.82) is 0 Å². The Balaban J connectivity index is 2.00. The molecule has 0 saturated heterocycles. The minimum atomic E-state index is -0.676. The molecule has 0 bridgehead atoms. The number of hydrogen-bond acceptors (Lipinski definition) is 5. The van der Waals surface area contributed by atoms with Crippen LogP contribution in [-0.2, 0) is 20.8 Å². The van der Waals surface area contributed by atoms with Gasteiger partial charge < -0.3 is 14.8 Å². The molecule has 1 heterocycles. The Morgan fingerprint density at radius 1 is 1.23 bits per heavy atom. The lowest BCUT2D eigenvalue weighted by Crippen LogP contribution is -2.31. The lowest BCUT2D eigenvalue weighted by Gasteiger charge is -2.06. The van der Waals surface area contributed by atoms with Crippen LogP contribution < -0.4 is 5.32 Å². The van der Waals surface area contributed by atoms with Gasteiger partial charge in [-0.1, -0.05) is 41.4 Å². The molecule has 26 heavy (non-hydrogen) atoms. The number of methoxy groups -OCH3 is 1. The number of ether oxygens (including phenoxy) is 2. The van der Waals surface area contributed by atoms with Gasteiger partial charge in [-0.15, -0.1) is 0 Å². The summed E-state index contributed by atoms with van der Waals surface area (Å²) in [6, 6.07) is 7.95. The highest BCUT2D eigenvalue weighted by Crippen LogP contribution is 2.22. The number of carbonyl (C=O) groups is 2. The number of aryl methyl sites for hydroxylation is 2. The average Bonchev–Trinajstić information content (AvgIpc) is 2.89. The molecule has 0 aliphatic heterocycles. The van der Waals surface area contributed by atoms with Gasteiger partial charge in [0, 0.05) is 13.7 Å². The monoisotopic (exact) mass is 379 g/mol. The molecule has 0 saturated carbocycles. The number of benzene rings is 1. The van der Waals surface area contributed by atoms with E-state index >= 15 is 0 Å². The first-order chi connectivity index (χ1) is 12.4. The van der Waals surface area contributed by atoms with Crippen LogP contribution in [0.4, 0.5) is 0 Å². The van der Waals surface area contributed by atoms with Crippen LogP contribution in [0.15, 0.2) is 24.3 Å². The van der Waals surface area contributed by atoms with E-state index in [0.717, 1.165) is 11.1 Å². The number of nitrogens with one attached hydrogen (secondary N) is 1. The van der Waals surface area contributed by atoms with Gasteiger partial charge in [-0.2, -0.15) is 5.10 Å². The number of hydrogen-bond donors (Lipinski definition) is 1. The minimum absolute atomic E-state index is 0.170. The van der Waals surface area contributed by atoms with Gasteiger partial charge in [0.25, 0.3) is 5.91 Å². The zero-order valence-electron chi connectivity index (χ0n) is 15.0. The fourth-order valence-electron chi connectivity index (χ4n) is 2.30. The van der Waals surface area contributed by atoms with E-state index in [9.17, 15) is 9.59 Å². The molecule has 0 spiro atoms. The van der Waals surface area contributed by atoms with Crippen LogP contribution in [0, 0.1) is 13.8 Å². The van der Waals surface area contributed by atoms with Gasteiger partial charge in [0.05, 0.1) is 18.8 Å². The van der Waals surface area contributed by atoms with E-state index in [0.29, 0.717) is 25.4 Å². The van der Waals surface area contributed by atoms with E-state index in [4.69, 9.17) is 21.1 Å². The topological polar surface area (TPSA) is 82.4 Å². The minimum Gasteiger partial charge on any atom is -0.452 e. The predicted molar refractivity (Wildman–Crippen MR) is 97.4 cm³/mol. The van der Waals surface area contributed by atoms with Crippen LogP contribution in [0.5, 0.6) is 0 Å². The summed E-state index contributed by atoms with van der Waals surface area (Å²) in [5.41, 5.74) is 2.79. The molecule has 0 fully saturated rings. The number of amides is 1. The second-order valence-electron chi connectivity index (χ2n) is 5.81. The SMILES string of the molecule is COCCNC(=O)COC(=O)c1c(C)nn(Cc2ccc(C)cc2)c1Cl. The summed E-state index contributed by atoms with van der Waals surface area (Å²) in [5, 5.41) is 7.06. The standard InChI is InChI=1S/C18H22ClN3O4/c1-12-4-6-14(7-5-12)10-22-17(19)16(13(2)21-22)18(24)26-11-15(23)20-8-9-25-3/h4-7H,8-11H2,1-3H3,(H,20,23). The van der Waals surface area contributed by atoms with Gasteiger partial charge in [-0.05, 0) is 19.4 Å². The number of halogens is 1. The largest absolute Gasteiger partial charge is 0.452 e. The van der Waals surface area contributed by atoms with Gasteiger partial charge in [-0.3, -0.25) is 4.79 Å². The maximum absolute atomic E-state index is 12.3. The van der Waals surface area contributed by atoms with Gasteiger partial charge in [0.1, 0.15) is 10.7 Å². The summed E-state index contributed by atoms with van der Waals surface area (Å²) in [5.74, 6) is -1.08. The first-order valence-electron chi connectivity index (χ1n) is 8.13. The van der Waals surface area contributed by atoms with E-state index in [2.05, 4.69) is 10.4 Å². The second-order valence-corrected chi connectivity index (χ2v) is 6.17. The van der Waals surface area contributed by atoms with Crippen molar-refractivity contribution < 1.29 is 19.1 Å². The molecule has 0 aliphatic rings. The number of esters is 1. The van der Waals surface area contributed by atoms with Crippen molar-refractivity contribution in [2.75, 3.05) is 26.9 Å². The van der Waals surface area contributed by atoms with Gasteiger partial charge in [-0.25, -0.2) is 9.48 Å². The summed E-state index contributed by atoms with van der Waals surface area (Å²) in [6.07, 6.45) is 0. The van der Waals surface area contributed by atoms with Crippen molar-refractivity contribution in [2.45, 2.75) is 20.4 Å². The third kappa shape index (κ3) is 5.31. The highest BCUT2D eigenvalue weighted by molar-refractivity contribution is 6.32. The Morgan fingerprint density at radius 2 is 1.92 bits per heavy atom. The molecule has 1 amide bonds. The Kier molecular flexibility index (Phi) is 7.17. The average molecular weight is 380 g/mol. The van der Waals surface area contributed by atoms with Crippen LogP contribution >= 0.6 is 11.6 Å². The Morgan fingerprint density at radius 3 is 2.58 bits per heavy atom. The number of aromatic nitrogens is 2. The third-order valence-electron chi connectivity index (χ3n) is 3.69. The molecule has 2 rings (SSSR count). The molecule has 0 unspecified atom stereocenters. The van der Waals surface area contributed by atoms with Crippen LogP contribution in [0.3, 0.4) is 0 Å². The van der Waals surface area contributed by atoms with Crippen molar-refractivity contribution in [3.05, 3.63) is 51.8 Å². The third-order valence-corrected chi connectivity index (χ3v) is 4.07. The maximum Gasteiger partial charge on any atom is 0.343 e. The van der Waals surface area contributed by atoms with Crippen molar-refractivity contribution in [3.8, 4) is 0 Å². The van der Waals surface area contributed by atoms with Gasteiger partial charge in [0.15, 0.2) is 6.61 Å². The van der Waals surface area contributed by atoms with Crippen molar-refractivity contribution in [1.82, 2.24) is 15.1 Å². The first kappa shape index (κ1) is 19.9. The second kappa shape index (κ2) is 9.35. The molecule has 7 nitrogen and oxygen atoms in total. The zero-order valence-corrected chi connectivity index (χ0v) is 15.8. The quantitative estimate of drug-likeness (QED) is 0.561. The summed E-state index contributed by atoms with van der Waals surface area (Å²) in [7, 11) is 1.53. The summed E-state index contributed by atoms with van der Waals surface area (Å²) >= 11 is 6.31. The van der Waals surface area contributed by atoms with Crippen molar-refractivity contribution >= 4 is 23.5 Å². The molecule has 0 radical (unpaired) electrons. The first-order valence-corrected chi connectivity index (χ1v) is 8.51. The molecule has 0 aliphatic carbocycles. The molecular weight excluding hydrogens is 358 g/mol. The molecule has 140 valence electrons. The van der Waals surface area contributed by atoms with E-state index in [1.54, 1.807) is 6.92 Å². The smallest absolute Gasteiger partial charge is 0.343 e. The number of rotatable bonds is 8. The van der Waals surface area contributed by atoms with E-state index in [1.807, 2.05) is 31.2 Å².